The topological polar surface area (TPSA) is 86.8 Å². The van der Waals surface area contributed by atoms with Gasteiger partial charge in [0.2, 0.25) is 11.8 Å². The first-order chi connectivity index (χ1) is 18.5. The van der Waals surface area contributed by atoms with Crippen LogP contribution in [0.2, 0.25) is 15.1 Å². The summed E-state index contributed by atoms with van der Waals surface area (Å²) in [6.45, 7) is 4.67. The van der Waals surface area contributed by atoms with E-state index in [0.29, 0.717) is 15.6 Å². The van der Waals surface area contributed by atoms with Gasteiger partial charge in [-0.1, -0.05) is 78.1 Å². The van der Waals surface area contributed by atoms with E-state index in [9.17, 15) is 18.0 Å². The van der Waals surface area contributed by atoms with E-state index in [2.05, 4.69) is 5.32 Å². The number of hydrogen-bond donors (Lipinski definition) is 1. The summed E-state index contributed by atoms with van der Waals surface area (Å²) in [5, 5.41) is 3.63. The van der Waals surface area contributed by atoms with Crippen LogP contribution in [0.3, 0.4) is 0 Å². The average molecular weight is 611 g/mol. The third kappa shape index (κ3) is 7.45. The number of halogens is 3. The molecule has 1 atom stereocenters. The van der Waals surface area contributed by atoms with Crippen LogP contribution in [-0.2, 0) is 26.2 Å². The van der Waals surface area contributed by atoms with Crippen LogP contribution < -0.4 is 9.62 Å². The molecule has 1 N–H and O–H groups in total. The number of nitrogens with one attached hydrogen (secondary N) is 1. The maximum Gasteiger partial charge on any atom is 0.264 e. The van der Waals surface area contributed by atoms with Crippen molar-refractivity contribution in [1.29, 1.82) is 0 Å². The van der Waals surface area contributed by atoms with Crippen LogP contribution in [0.1, 0.15) is 32.8 Å². The highest BCUT2D eigenvalue weighted by Gasteiger charge is 2.35. The molecule has 0 heterocycles. The van der Waals surface area contributed by atoms with E-state index in [-0.39, 0.29) is 40.5 Å². The SMILES string of the molecule is CC[C@@H](C(=O)NC(C)C)N(Cc1c(Cl)cccc1Cl)C(=O)CN(c1ccccc1Cl)S(=O)(=O)c1ccccc1. The Bertz CT molecular complexity index is 1400. The summed E-state index contributed by atoms with van der Waals surface area (Å²) in [6, 6.07) is 18.0. The molecule has 7 nitrogen and oxygen atoms in total. The second kappa shape index (κ2) is 13.5. The van der Waals surface area contributed by atoms with Crippen molar-refractivity contribution in [3.05, 3.63) is 93.4 Å². The Morgan fingerprint density at radius 3 is 1.97 bits per heavy atom. The van der Waals surface area contributed by atoms with E-state index in [4.69, 9.17) is 34.8 Å². The fraction of sp³-hybridized carbons (Fsp3) is 0.286. The van der Waals surface area contributed by atoms with Crippen molar-refractivity contribution in [3.8, 4) is 0 Å². The second-order valence-corrected chi connectivity index (χ2v) is 12.2. The molecule has 0 spiro atoms. The number of carbonyl (C=O) groups is 2. The van der Waals surface area contributed by atoms with E-state index < -0.39 is 28.5 Å². The molecule has 208 valence electrons. The molecule has 0 saturated carbocycles. The minimum Gasteiger partial charge on any atom is -0.352 e. The molecular formula is C28H30Cl3N3O4S. The molecule has 0 bridgehead atoms. The number of rotatable bonds is 11. The summed E-state index contributed by atoms with van der Waals surface area (Å²) in [5.41, 5.74) is 0.576. The minimum absolute atomic E-state index is 0.0111. The monoisotopic (exact) mass is 609 g/mol. The van der Waals surface area contributed by atoms with Gasteiger partial charge in [-0.15, -0.1) is 0 Å². The predicted octanol–water partition coefficient (Wildman–Crippen LogP) is 6.17. The molecule has 0 aliphatic rings. The number of amides is 2. The number of para-hydroxylation sites is 1. The molecule has 0 unspecified atom stereocenters. The Balaban J connectivity index is 2.11. The highest BCUT2D eigenvalue weighted by Crippen LogP contribution is 2.32. The lowest BCUT2D eigenvalue weighted by Gasteiger charge is -2.34. The van der Waals surface area contributed by atoms with Gasteiger partial charge in [0.05, 0.1) is 15.6 Å². The van der Waals surface area contributed by atoms with Crippen molar-refractivity contribution in [2.75, 3.05) is 10.8 Å². The van der Waals surface area contributed by atoms with Crippen molar-refractivity contribution in [3.63, 3.8) is 0 Å². The standard InChI is InChI=1S/C28H30Cl3N3O4S/c1-4-25(28(36)32-19(2)3)33(17-21-22(29)14-10-15-23(21)30)27(35)18-34(26-16-9-8-13-24(26)31)39(37,38)20-11-6-5-7-12-20/h5-16,19,25H,4,17-18H2,1-3H3,(H,32,36)/t25-/m0/s1. The number of benzene rings is 3. The van der Waals surface area contributed by atoms with Crippen molar-refractivity contribution < 1.29 is 18.0 Å². The van der Waals surface area contributed by atoms with Crippen molar-refractivity contribution in [1.82, 2.24) is 10.2 Å². The summed E-state index contributed by atoms with van der Waals surface area (Å²) < 4.78 is 28.6. The lowest BCUT2D eigenvalue weighted by Crippen LogP contribution is -2.53. The Kier molecular flexibility index (Phi) is 10.7. The Labute approximate surface area is 244 Å². The molecule has 0 saturated heterocycles. The quantitative estimate of drug-likeness (QED) is 0.281. The molecule has 0 radical (unpaired) electrons. The summed E-state index contributed by atoms with van der Waals surface area (Å²) in [7, 11) is -4.22. The van der Waals surface area contributed by atoms with Gasteiger partial charge in [-0.3, -0.25) is 13.9 Å². The van der Waals surface area contributed by atoms with Crippen molar-refractivity contribution in [2.45, 2.75) is 50.7 Å². The minimum atomic E-state index is -4.22. The van der Waals surface area contributed by atoms with Gasteiger partial charge < -0.3 is 10.2 Å². The lowest BCUT2D eigenvalue weighted by molar-refractivity contribution is -0.140. The van der Waals surface area contributed by atoms with Crippen LogP contribution in [0.25, 0.3) is 0 Å². The van der Waals surface area contributed by atoms with Crippen molar-refractivity contribution in [2.24, 2.45) is 0 Å². The highest BCUT2D eigenvalue weighted by atomic mass is 35.5. The average Bonchev–Trinajstić information content (AvgIpc) is 2.89. The largest absolute Gasteiger partial charge is 0.352 e. The molecule has 0 aromatic heterocycles. The Morgan fingerprint density at radius 2 is 1.41 bits per heavy atom. The molecule has 11 heteroatoms. The number of carbonyl (C=O) groups excluding carboxylic acids is 2. The molecule has 0 fully saturated rings. The fourth-order valence-corrected chi connectivity index (χ4v) is 6.30. The summed E-state index contributed by atoms with van der Waals surface area (Å²) in [6.07, 6.45) is 0.268. The van der Waals surface area contributed by atoms with Crippen LogP contribution in [0, 0.1) is 0 Å². The zero-order valence-corrected chi connectivity index (χ0v) is 24.9. The third-order valence-electron chi connectivity index (χ3n) is 5.94. The van der Waals surface area contributed by atoms with Gasteiger partial charge in [0.1, 0.15) is 12.6 Å². The second-order valence-electron chi connectivity index (χ2n) is 9.09. The number of hydrogen-bond acceptors (Lipinski definition) is 4. The van der Waals surface area contributed by atoms with Crippen LogP contribution in [0.5, 0.6) is 0 Å². The lowest BCUT2D eigenvalue weighted by atomic mass is 10.1. The van der Waals surface area contributed by atoms with Crippen LogP contribution >= 0.6 is 34.8 Å². The van der Waals surface area contributed by atoms with E-state index in [1.807, 2.05) is 13.8 Å². The molecule has 3 aromatic rings. The van der Waals surface area contributed by atoms with Gasteiger partial charge in [-0.25, -0.2) is 8.42 Å². The normalized spacial score (nSPS) is 12.2. The smallest absolute Gasteiger partial charge is 0.264 e. The number of nitrogens with zero attached hydrogens (tertiary/aromatic N) is 2. The zero-order chi connectivity index (χ0) is 28.7. The highest BCUT2D eigenvalue weighted by molar-refractivity contribution is 7.92. The summed E-state index contributed by atoms with van der Waals surface area (Å²) >= 11 is 19.3. The van der Waals surface area contributed by atoms with Gasteiger partial charge in [-0.2, -0.15) is 0 Å². The first kappa shape index (κ1) is 30.8. The summed E-state index contributed by atoms with van der Waals surface area (Å²) in [5.74, 6) is -1.00. The summed E-state index contributed by atoms with van der Waals surface area (Å²) in [4.78, 5) is 28.5. The Hall–Kier alpha value is -2.78. The Morgan fingerprint density at radius 1 is 0.846 bits per heavy atom. The third-order valence-corrected chi connectivity index (χ3v) is 8.74. The molecule has 39 heavy (non-hydrogen) atoms. The van der Waals surface area contributed by atoms with E-state index in [0.717, 1.165) is 4.31 Å². The first-order valence-electron chi connectivity index (χ1n) is 12.3. The van der Waals surface area contributed by atoms with Gasteiger partial charge >= 0.3 is 0 Å². The maximum absolute atomic E-state index is 14.0. The van der Waals surface area contributed by atoms with E-state index in [1.165, 1.54) is 23.1 Å². The molecule has 0 aliphatic carbocycles. The van der Waals surface area contributed by atoms with E-state index >= 15 is 0 Å². The molecule has 3 aromatic carbocycles. The van der Waals surface area contributed by atoms with Gasteiger partial charge in [0.15, 0.2) is 0 Å². The predicted molar refractivity (Wildman–Crippen MR) is 157 cm³/mol. The molecule has 0 aliphatic heterocycles. The van der Waals surface area contributed by atoms with Crippen LogP contribution in [0.4, 0.5) is 5.69 Å². The first-order valence-corrected chi connectivity index (χ1v) is 14.9. The zero-order valence-electron chi connectivity index (χ0n) is 21.8. The molecule has 2 amide bonds. The number of sulfonamides is 1. The van der Waals surface area contributed by atoms with E-state index in [1.54, 1.807) is 61.5 Å². The van der Waals surface area contributed by atoms with Gasteiger partial charge in [0, 0.05) is 28.2 Å². The van der Waals surface area contributed by atoms with Gasteiger partial charge in [-0.05, 0) is 56.7 Å². The number of anilines is 1. The van der Waals surface area contributed by atoms with Gasteiger partial charge in [0.25, 0.3) is 10.0 Å². The molecule has 3 rings (SSSR count). The maximum atomic E-state index is 14.0. The van der Waals surface area contributed by atoms with Crippen LogP contribution in [0.15, 0.2) is 77.7 Å². The fourth-order valence-electron chi connectivity index (χ4n) is 4.04. The van der Waals surface area contributed by atoms with Crippen molar-refractivity contribution >= 4 is 62.3 Å². The van der Waals surface area contributed by atoms with Crippen LogP contribution in [-0.4, -0.2) is 43.8 Å². The molecular weight excluding hydrogens is 581 g/mol.